The second-order valence-corrected chi connectivity index (χ2v) is 5.60. The average Bonchev–Trinajstić information content (AvgIpc) is 2.91. The lowest BCUT2D eigenvalue weighted by Gasteiger charge is -2.04. The van der Waals surface area contributed by atoms with Crippen molar-refractivity contribution < 1.29 is 4.79 Å². The number of unbranched alkanes of at least 4 members (excludes halogenated alkanes) is 1. The molecule has 0 aliphatic rings. The molecule has 0 bridgehead atoms. The van der Waals surface area contributed by atoms with E-state index in [2.05, 4.69) is 40.4 Å². The molecule has 4 nitrogen and oxygen atoms in total. The van der Waals surface area contributed by atoms with Crippen LogP contribution >= 0.6 is 0 Å². The molecule has 2 aromatic heterocycles. The molecule has 0 unspecified atom stereocenters. The maximum Gasteiger partial charge on any atom is 0.220 e. The topological polar surface area (TPSA) is 57.8 Å². The van der Waals surface area contributed by atoms with Gasteiger partial charge >= 0.3 is 0 Å². The van der Waals surface area contributed by atoms with Crippen LogP contribution in [-0.2, 0) is 11.2 Å². The van der Waals surface area contributed by atoms with Crippen molar-refractivity contribution in [1.29, 1.82) is 0 Å². The number of aromatic nitrogens is 2. The van der Waals surface area contributed by atoms with E-state index in [4.69, 9.17) is 0 Å². The van der Waals surface area contributed by atoms with E-state index in [9.17, 15) is 4.79 Å². The Balaban J connectivity index is 1.72. The lowest BCUT2D eigenvalue weighted by molar-refractivity contribution is -0.121. The van der Waals surface area contributed by atoms with E-state index in [1.54, 1.807) is 0 Å². The largest absolute Gasteiger partial charge is 0.356 e. The number of hydrogen-bond donors (Lipinski definition) is 2. The van der Waals surface area contributed by atoms with Gasteiger partial charge in [0, 0.05) is 34.9 Å². The fourth-order valence-corrected chi connectivity index (χ4v) is 2.66. The van der Waals surface area contributed by atoms with Gasteiger partial charge in [-0.2, -0.15) is 0 Å². The Morgan fingerprint density at radius 3 is 2.95 bits per heavy atom. The van der Waals surface area contributed by atoms with Gasteiger partial charge in [0.15, 0.2) is 0 Å². The summed E-state index contributed by atoms with van der Waals surface area (Å²) in [5.74, 6) is 0.106. The third-order valence-electron chi connectivity index (χ3n) is 3.91. The number of aromatic amines is 1. The maximum absolute atomic E-state index is 11.8. The molecule has 22 heavy (non-hydrogen) atoms. The van der Waals surface area contributed by atoms with Gasteiger partial charge in [0.2, 0.25) is 5.91 Å². The smallest absolute Gasteiger partial charge is 0.220 e. The molecule has 3 aromatic rings. The van der Waals surface area contributed by atoms with E-state index >= 15 is 0 Å². The van der Waals surface area contributed by atoms with Crippen molar-refractivity contribution in [2.45, 2.75) is 32.6 Å². The van der Waals surface area contributed by atoms with Crippen LogP contribution in [0.1, 0.15) is 31.9 Å². The van der Waals surface area contributed by atoms with Crippen LogP contribution in [-0.4, -0.2) is 22.4 Å². The minimum absolute atomic E-state index is 0.106. The summed E-state index contributed by atoms with van der Waals surface area (Å²) < 4.78 is 0. The third-order valence-corrected chi connectivity index (χ3v) is 3.91. The number of pyridine rings is 1. The summed E-state index contributed by atoms with van der Waals surface area (Å²) in [5.41, 5.74) is 3.12. The lowest BCUT2D eigenvalue weighted by atomic mass is 10.1. The molecule has 2 N–H and O–H groups in total. The average molecular weight is 295 g/mol. The predicted octanol–water partition coefficient (Wildman–Crippen LogP) is 3.57. The first-order valence-electron chi connectivity index (χ1n) is 7.90. The fraction of sp³-hybridized carbons (Fsp3) is 0.333. The number of rotatable bonds is 6. The molecule has 0 saturated carbocycles. The SMILES string of the molecule is CCCCNC(=O)CCc1cc2c(cn1)[nH]c1ccccc12. The molecule has 0 atom stereocenters. The fourth-order valence-electron chi connectivity index (χ4n) is 2.66. The summed E-state index contributed by atoms with van der Waals surface area (Å²) in [5, 5.41) is 5.32. The Morgan fingerprint density at radius 2 is 2.09 bits per heavy atom. The first-order chi connectivity index (χ1) is 10.8. The molecular weight excluding hydrogens is 274 g/mol. The van der Waals surface area contributed by atoms with Crippen LogP contribution in [0, 0.1) is 0 Å². The Bertz CT molecular complexity index is 791. The first-order valence-corrected chi connectivity index (χ1v) is 7.90. The van der Waals surface area contributed by atoms with Crippen LogP contribution in [0.2, 0.25) is 0 Å². The zero-order valence-corrected chi connectivity index (χ0v) is 12.9. The van der Waals surface area contributed by atoms with E-state index in [0.717, 1.165) is 36.1 Å². The number of amides is 1. The lowest BCUT2D eigenvalue weighted by Crippen LogP contribution is -2.24. The van der Waals surface area contributed by atoms with Crippen LogP contribution in [0.4, 0.5) is 0 Å². The summed E-state index contributed by atoms with van der Waals surface area (Å²) in [4.78, 5) is 19.6. The molecule has 3 rings (SSSR count). The third kappa shape index (κ3) is 3.11. The van der Waals surface area contributed by atoms with E-state index in [1.807, 2.05) is 18.3 Å². The van der Waals surface area contributed by atoms with Gasteiger partial charge in [-0.25, -0.2) is 0 Å². The number of nitrogens with zero attached hydrogens (tertiary/aromatic N) is 1. The standard InChI is InChI=1S/C18H21N3O/c1-2-3-10-19-18(22)9-8-13-11-15-14-6-4-5-7-16(14)21-17(15)12-20-13/h4-7,11-12,21H,2-3,8-10H2,1H3,(H,19,22). The summed E-state index contributed by atoms with van der Waals surface area (Å²) in [6.45, 7) is 2.89. The molecule has 1 amide bonds. The quantitative estimate of drug-likeness (QED) is 0.683. The number of fused-ring (bicyclic) bond motifs is 3. The van der Waals surface area contributed by atoms with Crippen molar-refractivity contribution in [3.8, 4) is 0 Å². The van der Waals surface area contributed by atoms with Crippen molar-refractivity contribution in [2.75, 3.05) is 6.54 Å². The Hall–Kier alpha value is -2.36. The first kappa shape index (κ1) is 14.6. The number of H-pyrrole nitrogens is 1. The molecule has 0 saturated heterocycles. The van der Waals surface area contributed by atoms with Crippen molar-refractivity contribution in [1.82, 2.24) is 15.3 Å². The van der Waals surface area contributed by atoms with Crippen molar-refractivity contribution in [2.24, 2.45) is 0 Å². The molecule has 0 aliphatic heterocycles. The molecule has 0 spiro atoms. The molecule has 0 aliphatic carbocycles. The van der Waals surface area contributed by atoms with E-state index in [-0.39, 0.29) is 5.91 Å². The van der Waals surface area contributed by atoms with Gasteiger partial charge in [-0.3, -0.25) is 9.78 Å². The summed E-state index contributed by atoms with van der Waals surface area (Å²) >= 11 is 0. The summed E-state index contributed by atoms with van der Waals surface area (Å²) in [6.07, 6.45) is 5.15. The zero-order chi connectivity index (χ0) is 15.4. The predicted molar refractivity (Wildman–Crippen MR) is 89.8 cm³/mol. The molecule has 114 valence electrons. The Labute approximate surface area is 129 Å². The number of benzene rings is 1. The Morgan fingerprint density at radius 1 is 1.23 bits per heavy atom. The van der Waals surface area contributed by atoms with Crippen LogP contribution < -0.4 is 5.32 Å². The van der Waals surface area contributed by atoms with Crippen LogP contribution in [0.15, 0.2) is 36.5 Å². The van der Waals surface area contributed by atoms with E-state index in [0.29, 0.717) is 12.8 Å². The van der Waals surface area contributed by atoms with Crippen molar-refractivity contribution >= 4 is 27.7 Å². The summed E-state index contributed by atoms with van der Waals surface area (Å²) in [6, 6.07) is 10.3. The molecule has 4 heteroatoms. The van der Waals surface area contributed by atoms with Gasteiger partial charge in [0.05, 0.1) is 11.7 Å². The molecule has 2 heterocycles. The van der Waals surface area contributed by atoms with E-state index in [1.165, 1.54) is 10.8 Å². The highest BCUT2D eigenvalue weighted by Gasteiger charge is 2.07. The highest BCUT2D eigenvalue weighted by Crippen LogP contribution is 2.25. The minimum atomic E-state index is 0.106. The van der Waals surface area contributed by atoms with Gasteiger partial charge in [0.1, 0.15) is 0 Å². The highest BCUT2D eigenvalue weighted by atomic mass is 16.1. The second-order valence-electron chi connectivity index (χ2n) is 5.60. The maximum atomic E-state index is 11.8. The number of para-hydroxylation sites is 1. The van der Waals surface area contributed by atoms with E-state index < -0.39 is 0 Å². The molecule has 1 aromatic carbocycles. The zero-order valence-electron chi connectivity index (χ0n) is 12.9. The number of carbonyl (C=O) groups excluding carboxylic acids is 1. The van der Waals surface area contributed by atoms with Crippen molar-refractivity contribution in [3.05, 3.63) is 42.2 Å². The number of carbonyl (C=O) groups is 1. The van der Waals surface area contributed by atoms with Gasteiger partial charge in [-0.1, -0.05) is 31.5 Å². The van der Waals surface area contributed by atoms with Crippen LogP contribution in [0.3, 0.4) is 0 Å². The number of hydrogen-bond acceptors (Lipinski definition) is 2. The molecule has 0 radical (unpaired) electrons. The van der Waals surface area contributed by atoms with Crippen molar-refractivity contribution in [3.63, 3.8) is 0 Å². The Kier molecular flexibility index (Phi) is 4.37. The monoisotopic (exact) mass is 295 g/mol. The van der Waals surface area contributed by atoms with Gasteiger partial charge in [-0.05, 0) is 25.0 Å². The minimum Gasteiger partial charge on any atom is -0.356 e. The number of nitrogens with one attached hydrogen (secondary N) is 2. The van der Waals surface area contributed by atoms with Crippen LogP contribution in [0.25, 0.3) is 21.8 Å². The second kappa shape index (κ2) is 6.60. The molecular formula is C18H21N3O. The van der Waals surface area contributed by atoms with Gasteiger partial charge in [-0.15, -0.1) is 0 Å². The normalized spacial score (nSPS) is 11.1. The van der Waals surface area contributed by atoms with Gasteiger partial charge in [0.25, 0.3) is 0 Å². The van der Waals surface area contributed by atoms with Gasteiger partial charge < -0.3 is 10.3 Å². The highest BCUT2D eigenvalue weighted by molar-refractivity contribution is 6.06. The molecule has 0 fully saturated rings. The van der Waals surface area contributed by atoms with Crippen LogP contribution in [0.5, 0.6) is 0 Å². The summed E-state index contributed by atoms with van der Waals surface area (Å²) in [7, 11) is 0. The number of aryl methyl sites for hydroxylation is 1.